The maximum absolute atomic E-state index is 14.1. The topological polar surface area (TPSA) is 32.3 Å². The van der Waals surface area contributed by atoms with Crippen LogP contribution in [0.5, 0.6) is 0 Å². The number of fused-ring (bicyclic) bond motifs is 1. The largest absolute Gasteiger partial charge is 0.409 e. The van der Waals surface area contributed by atoms with Gasteiger partial charge in [0.25, 0.3) is 0 Å². The summed E-state index contributed by atoms with van der Waals surface area (Å²) in [6, 6.07) is 8.60. The molecule has 1 heterocycles. The monoisotopic (exact) mass is 378 g/mol. The summed E-state index contributed by atoms with van der Waals surface area (Å²) in [6.45, 7) is 9.41. The van der Waals surface area contributed by atoms with Crippen LogP contribution in [0.15, 0.2) is 36.4 Å². The number of carbonyl (C=O) groups is 1. The first-order valence-electron chi connectivity index (χ1n) is 8.99. The third kappa shape index (κ3) is 3.55. The van der Waals surface area contributed by atoms with Crippen molar-refractivity contribution in [3.8, 4) is 0 Å². The van der Waals surface area contributed by atoms with Gasteiger partial charge in [0.2, 0.25) is 5.91 Å². The summed E-state index contributed by atoms with van der Waals surface area (Å²) in [7, 11) is 0. The molecule has 1 amide bonds. The molecular formula is C21H25F3N2O. The molecule has 1 atom stereocenters. The van der Waals surface area contributed by atoms with E-state index in [4.69, 9.17) is 0 Å². The zero-order valence-corrected chi connectivity index (χ0v) is 16.2. The standard InChI is InChI=1S/C21H25F3N2O/c1-19(2,3)16-11-10-15(13-8-6-7-9-14(13)16)17(21(22,23)24)26-12-20(4,5)18(27)25-26/h6-11,17H,12H2,1-5H3,(H,25,27)/t17-/m0/s1. The van der Waals surface area contributed by atoms with Crippen molar-refractivity contribution in [1.29, 1.82) is 0 Å². The molecule has 6 heteroatoms. The predicted molar refractivity (Wildman–Crippen MR) is 100 cm³/mol. The number of nitrogens with one attached hydrogen (secondary N) is 1. The SMILES string of the molecule is CC1(C)CN([C@@H](c2ccc(C(C)(C)C)c3ccccc23)C(F)(F)F)NC1=O. The lowest BCUT2D eigenvalue weighted by Gasteiger charge is -2.32. The number of rotatable bonds is 2. The molecule has 1 aliphatic heterocycles. The predicted octanol–water partition coefficient (Wildman–Crippen LogP) is 5.11. The lowest BCUT2D eigenvalue weighted by molar-refractivity contribution is -0.191. The van der Waals surface area contributed by atoms with Crippen molar-refractivity contribution in [1.82, 2.24) is 10.4 Å². The average molecular weight is 378 g/mol. The number of nitrogens with zero attached hydrogens (tertiary/aromatic N) is 1. The van der Waals surface area contributed by atoms with E-state index in [-0.39, 0.29) is 17.5 Å². The van der Waals surface area contributed by atoms with Crippen LogP contribution in [0.4, 0.5) is 13.2 Å². The van der Waals surface area contributed by atoms with E-state index in [9.17, 15) is 18.0 Å². The number of alkyl halides is 3. The molecule has 3 rings (SSSR count). The number of amides is 1. The van der Waals surface area contributed by atoms with Crippen molar-refractivity contribution in [3.05, 3.63) is 47.5 Å². The quantitative estimate of drug-likeness (QED) is 0.787. The Labute approximate surface area is 157 Å². The van der Waals surface area contributed by atoms with Crippen LogP contribution >= 0.6 is 0 Å². The number of hydrazine groups is 1. The van der Waals surface area contributed by atoms with Crippen LogP contribution in [-0.4, -0.2) is 23.6 Å². The highest BCUT2D eigenvalue weighted by atomic mass is 19.4. The highest BCUT2D eigenvalue weighted by Crippen LogP contribution is 2.44. The summed E-state index contributed by atoms with van der Waals surface area (Å²) in [5.74, 6) is -0.396. The molecule has 27 heavy (non-hydrogen) atoms. The summed E-state index contributed by atoms with van der Waals surface area (Å²) in [4.78, 5) is 12.1. The number of benzene rings is 2. The fraction of sp³-hybridized carbons (Fsp3) is 0.476. The Bertz CT molecular complexity index is 881. The summed E-state index contributed by atoms with van der Waals surface area (Å²) >= 11 is 0. The molecule has 0 radical (unpaired) electrons. The van der Waals surface area contributed by atoms with Crippen molar-refractivity contribution in [2.24, 2.45) is 5.41 Å². The van der Waals surface area contributed by atoms with Gasteiger partial charge in [-0.25, -0.2) is 5.01 Å². The second-order valence-corrected chi connectivity index (χ2v) is 8.89. The Balaban J connectivity index is 2.20. The Morgan fingerprint density at radius 2 is 1.63 bits per heavy atom. The van der Waals surface area contributed by atoms with Crippen LogP contribution < -0.4 is 5.43 Å². The smallest absolute Gasteiger partial charge is 0.287 e. The minimum absolute atomic E-state index is 0.00857. The molecular weight excluding hydrogens is 353 g/mol. The number of halogens is 3. The van der Waals surface area contributed by atoms with Gasteiger partial charge in [-0.3, -0.25) is 10.2 Å². The van der Waals surface area contributed by atoms with E-state index >= 15 is 0 Å². The van der Waals surface area contributed by atoms with Crippen LogP contribution in [0.3, 0.4) is 0 Å². The lowest BCUT2D eigenvalue weighted by atomic mass is 9.82. The van der Waals surface area contributed by atoms with E-state index in [1.54, 1.807) is 38.1 Å². The van der Waals surface area contributed by atoms with Gasteiger partial charge in [-0.1, -0.05) is 57.2 Å². The Hall–Kier alpha value is -2.08. The fourth-order valence-electron chi connectivity index (χ4n) is 3.71. The van der Waals surface area contributed by atoms with Gasteiger partial charge in [-0.05, 0) is 41.2 Å². The van der Waals surface area contributed by atoms with Gasteiger partial charge in [0.1, 0.15) is 0 Å². The Morgan fingerprint density at radius 3 is 2.11 bits per heavy atom. The third-order valence-corrected chi connectivity index (χ3v) is 5.11. The number of hydrogen-bond donors (Lipinski definition) is 1. The van der Waals surface area contributed by atoms with Gasteiger partial charge in [-0.2, -0.15) is 13.2 Å². The average Bonchev–Trinajstić information content (AvgIpc) is 2.78. The van der Waals surface area contributed by atoms with Crippen molar-refractivity contribution in [2.75, 3.05) is 6.54 Å². The molecule has 0 unspecified atom stereocenters. The normalized spacial score (nSPS) is 19.3. The first kappa shape index (κ1) is 19.7. The second kappa shape index (κ2) is 6.23. The maximum Gasteiger partial charge on any atom is 0.409 e. The van der Waals surface area contributed by atoms with Crippen molar-refractivity contribution < 1.29 is 18.0 Å². The minimum atomic E-state index is -4.53. The maximum atomic E-state index is 14.1. The Morgan fingerprint density at radius 1 is 1.04 bits per heavy atom. The zero-order valence-electron chi connectivity index (χ0n) is 16.2. The molecule has 0 spiro atoms. The molecule has 1 saturated heterocycles. The second-order valence-electron chi connectivity index (χ2n) is 8.89. The van der Waals surface area contributed by atoms with Crippen LogP contribution in [-0.2, 0) is 10.2 Å². The molecule has 1 N–H and O–H groups in total. The van der Waals surface area contributed by atoms with Crippen molar-refractivity contribution in [2.45, 2.75) is 52.3 Å². The molecule has 2 aromatic rings. The molecule has 0 saturated carbocycles. The van der Waals surface area contributed by atoms with Gasteiger partial charge in [0.15, 0.2) is 6.04 Å². The van der Waals surface area contributed by atoms with Crippen LogP contribution in [0.25, 0.3) is 10.8 Å². The van der Waals surface area contributed by atoms with Gasteiger partial charge < -0.3 is 0 Å². The summed E-state index contributed by atoms with van der Waals surface area (Å²) in [5, 5.41) is 2.40. The van der Waals surface area contributed by atoms with Gasteiger partial charge in [0.05, 0.1) is 5.41 Å². The van der Waals surface area contributed by atoms with Crippen LogP contribution in [0, 0.1) is 5.41 Å². The summed E-state index contributed by atoms with van der Waals surface area (Å²) in [6.07, 6.45) is -4.53. The molecule has 3 nitrogen and oxygen atoms in total. The molecule has 0 bridgehead atoms. The van der Waals surface area contributed by atoms with E-state index in [1.807, 2.05) is 32.9 Å². The summed E-state index contributed by atoms with van der Waals surface area (Å²) < 4.78 is 42.3. The number of hydrogen-bond acceptors (Lipinski definition) is 2. The lowest BCUT2D eigenvalue weighted by Crippen LogP contribution is -2.43. The van der Waals surface area contributed by atoms with Gasteiger partial charge >= 0.3 is 6.18 Å². The molecule has 1 fully saturated rings. The zero-order chi connectivity index (χ0) is 20.2. The van der Waals surface area contributed by atoms with E-state index in [1.165, 1.54) is 0 Å². The number of carbonyl (C=O) groups excluding carboxylic acids is 1. The minimum Gasteiger partial charge on any atom is -0.287 e. The van der Waals surface area contributed by atoms with Crippen molar-refractivity contribution in [3.63, 3.8) is 0 Å². The van der Waals surface area contributed by atoms with Crippen molar-refractivity contribution >= 4 is 16.7 Å². The van der Waals surface area contributed by atoms with Crippen LogP contribution in [0.2, 0.25) is 0 Å². The van der Waals surface area contributed by atoms with E-state index in [0.717, 1.165) is 16.0 Å². The van der Waals surface area contributed by atoms with Crippen LogP contribution in [0.1, 0.15) is 51.8 Å². The first-order chi connectivity index (χ1) is 12.3. The molecule has 1 aliphatic rings. The fourth-order valence-corrected chi connectivity index (χ4v) is 3.71. The van der Waals surface area contributed by atoms with E-state index in [0.29, 0.717) is 5.39 Å². The van der Waals surface area contributed by atoms with Gasteiger partial charge in [-0.15, -0.1) is 0 Å². The molecule has 2 aromatic carbocycles. The summed E-state index contributed by atoms with van der Waals surface area (Å²) in [5.41, 5.74) is 2.51. The first-order valence-corrected chi connectivity index (χ1v) is 8.99. The Kier molecular flexibility index (Phi) is 4.54. The molecule has 0 aliphatic carbocycles. The highest BCUT2D eigenvalue weighted by Gasteiger charge is 2.51. The van der Waals surface area contributed by atoms with E-state index in [2.05, 4.69) is 5.43 Å². The highest BCUT2D eigenvalue weighted by molar-refractivity contribution is 5.90. The molecule has 146 valence electrons. The molecule has 0 aromatic heterocycles. The van der Waals surface area contributed by atoms with E-state index < -0.39 is 23.5 Å². The van der Waals surface area contributed by atoms with Gasteiger partial charge in [0, 0.05) is 6.54 Å². The third-order valence-electron chi connectivity index (χ3n) is 5.11.